The van der Waals surface area contributed by atoms with Crippen LogP contribution in [0.3, 0.4) is 0 Å². The highest BCUT2D eigenvalue weighted by Gasteiger charge is 2.11. The number of aryl methyl sites for hydroxylation is 2. The lowest BCUT2D eigenvalue weighted by atomic mass is 10.0. The Bertz CT molecular complexity index is 671. The van der Waals surface area contributed by atoms with Crippen LogP contribution in [0.5, 0.6) is 0 Å². The number of benzene rings is 1. The molecule has 23 heavy (non-hydrogen) atoms. The van der Waals surface area contributed by atoms with Crippen LogP contribution in [0, 0.1) is 17.0 Å². The summed E-state index contributed by atoms with van der Waals surface area (Å²) in [6.07, 6.45) is 2.41. The molecule has 8 nitrogen and oxygen atoms in total. The minimum Gasteiger partial charge on any atom is -0.368 e. The van der Waals surface area contributed by atoms with Gasteiger partial charge >= 0.3 is 0 Å². The Morgan fingerprint density at radius 2 is 2.13 bits per heavy atom. The lowest BCUT2D eigenvalue weighted by molar-refractivity contribution is -0.384. The second-order valence-electron chi connectivity index (χ2n) is 5.28. The highest BCUT2D eigenvalue weighted by molar-refractivity contribution is 5.35. The molecular weight excluding hydrogens is 296 g/mol. The van der Waals surface area contributed by atoms with E-state index in [9.17, 15) is 10.1 Å². The molecule has 0 aliphatic rings. The maximum absolute atomic E-state index is 10.8. The fourth-order valence-electron chi connectivity index (χ4n) is 2.29. The SMILES string of the molecule is CCC(CCc1cccc([N+](=O)[O-])c1)Nc1nc(C)nc(N)n1. The highest BCUT2D eigenvalue weighted by Crippen LogP contribution is 2.16. The molecule has 0 saturated carbocycles. The second-order valence-corrected chi connectivity index (χ2v) is 5.28. The number of nitro benzene ring substituents is 1. The average Bonchev–Trinajstić information content (AvgIpc) is 2.50. The van der Waals surface area contributed by atoms with E-state index in [0.717, 1.165) is 24.8 Å². The van der Waals surface area contributed by atoms with Crippen LogP contribution < -0.4 is 11.1 Å². The predicted octanol–water partition coefficient (Wildman–Crippen LogP) is 2.49. The van der Waals surface area contributed by atoms with E-state index in [1.807, 2.05) is 6.07 Å². The molecule has 1 aromatic carbocycles. The van der Waals surface area contributed by atoms with E-state index in [2.05, 4.69) is 27.2 Å². The van der Waals surface area contributed by atoms with Crippen LogP contribution in [-0.4, -0.2) is 25.9 Å². The van der Waals surface area contributed by atoms with Gasteiger partial charge in [0.25, 0.3) is 5.69 Å². The third-order valence-corrected chi connectivity index (χ3v) is 3.49. The first-order valence-electron chi connectivity index (χ1n) is 7.46. The average molecular weight is 316 g/mol. The molecule has 2 rings (SSSR count). The highest BCUT2D eigenvalue weighted by atomic mass is 16.6. The van der Waals surface area contributed by atoms with Gasteiger partial charge in [-0.15, -0.1) is 0 Å². The van der Waals surface area contributed by atoms with Crippen molar-refractivity contribution in [2.75, 3.05) is 11.1 Å². The van der Waals surface area contributed by atoms with Gasteiger partial charge in [-0.05, 0) is 31.7 Å². The van der Waals surface area contributed by atoms with E-state index in [4.69, 9.17) is 5.73 Å². The van der Waals surface area contributed by atoms with E-state index >= 15 is 0 Å². The molecule has 3 N–H and O–H groups in total. The van der Waals surface area contributed by atoms with Crippen molar-refractivity contribution in [3.63, 3.8) is 0 Å². The van der Waals surface area contributed by atoms with Crippen LogP contribution in [0.15, 0.2) is 24.3 Å². The van der Waals surface area contributed by atoms with Gasteiger partial charge in [0, 0.05) is 18.2 Å². The number of non-ortho nitro benzene ring substituents is 1. The number of anilines is 2. The number of nitro groups is 1. The van der Waals surface area contributed by atoms with Gasteiger partial charge in [0.15, 0.2) is 0 Å². The van der Waals surface area contributed by atoms with Gasteiger partial charge in [-0.25, -0.2) is 0 Å². The smallest absolute Gasteiger partial charge is 0.269 e. The zero-order valence-electron chi connectivity index (χ0n) is 13.2. The van der Waals surface area contributed by atoms with Crippen molar-refractivity contribution in [2.24, 2.45) is 0 Å². The summed E-state index contributed by atoms with van der Waals surface area (Å²) in [5, 5.41) is 14.1. The molecule has 1 heterocycles. The number of hydrogen-bond donors (Lipinski definition) is 2. The summed E-state index contributed by atoms with van der Waals surface area (Å²) in [6.45, 7) is 3.82. The van der Waals surface area contributed by atoms with Gasteiger partial charge < -0.3 is 11.1 Å². The molecule has 0 radical (unpaired) electrons. The molecule has 2 aromatic rings. The molecule has 0 aliphatic heterocycles. The van der Waals surface area contributed by atoms with Crippen LogP contribution in [0.1, 0.15) is 31.2 Å². The molecule has 8 heteroatoms. The number of nitrogens with zero attached hydrogens (tertiary/aromatic N) is 4. The Hall–Kier alpha value is -2.77. The monoisotopic (exact) mass is 316 g/mol. The minimum atomic E-state index is -0.380. The Balaban J connectivity index is 1.99. The Morgan fingerprint density at radius 3 is 2.78 bits per heavy atom. The van der Waals surface area contributed by atoms with E-state index in [1.165, 1.54) is 6.07 Å². The topological polar surface area (TPSA) is 120 Å². The van der Waals surface area contributed by atoms with Gasteiger partial charge in [0.2, 0.25) is 11.9 Å². The van der Waals surface area contributed by atoms with E-state index in [1.54, 1.807) is 19.1 Å². The fourth-order valence-corrected chi connectivity index (χ4v) is 2.29. The molecule has 1 atom stereocenters. The summed E-state index contributed by atoms with van der Waals surface area (Å²) in [6, 6.07) is 6.85. The summed E-state index contributed by atoms with van der Waals surface area (Å²) in [7, 11) is 0. The van der Waals surface area contributed by atoms with Crippen molar-refractivity contribution in [3.8, 4) is 0 Å². The lowest BCUT2D eigenvalue weighted by Crippen LogP contribution is -2.21. The Morgan fingerprint density at radius 1 is 1.35 bits per heavy atom. The first kappa shape index (κ1) is 16.6. The van der Waals surface area contributed by atoms with E-state index < -0.39 is 0 Å². The van der Waals surface area contributed by atoms with Crippen molar-refractivity contribution in [3.05, 3.63) is 45.8 Å². The lowest BCUT2D eigenvalue weighted by Gasteiger charge is -2.17. The predicted molar refractivity (Wildman–Crippen MR) is 88.1 cm³/mol. The summed E-state index contributed by atoms with van der Waals surface area (Å²) >= 11 is 0. The number of nitrogen functional groups attached to an aromatic ring is 1. The van der Waals surface area contributed by atoms with Crippen molar-refractivity contribution < 1.29 is 4.92 Å². The number of nitrogens with one attached hydrogen (secondary N) is 1. The van der Waals surface area contributed by atoms with Gasteiger partial charge in [-0.3, -0.25) is 10.1 Å². The van der Waals surface area contributed by atoms with E-state index in [-0.39, 0.29) is 22.6 Å². The summed E-state index contributed by atoms with van der Waals surface area (Å²) in [5.74, 6) is 1.21. The maximum atomic E-state index is 10.8. The first-order valence-corrected chi connectivity index (χ1v) is 7.46. The number of aromatic nitrogens is 3. The summed E-state index contributed by atoms with van der Waals surface area (Å²) < 4.78 is 0. The zero-order chi connectivity index (χ0) is 16.8. The van der Waals surface area contributed by atoms with E-state index in [0.29, 0.717) is 11.8 Å². The molecule has 0 bridgehead atoms. The third kappa shape index (κ3) is 4.87. The molecule has 122 valence electrons. The Labute approximate surface area is 134 Å². The van der Waals surface area contributed by atoms with Gasteiger partial charge in [0.05, 0.1) is 4.92 Å². The number of rotatable bonds is 7. The minimum absolute atomic E-state index is 0.115. The molecule has 0 saturated heterocycles. The van der Waals surface area contributed by atoms with Crippen molar-refractivity contribution in [1.82, 2.24) is 15.0 Å². The summed E-state index contributed by atoms with van der Waals surface area (Å²) in [4.78, 5) is 22.7. The van der Waals surface area contributed by atoms with Gasteiger partial charge in [0.1, 0.15) is 5.82 Å². The number of hydrogen-bond acceptors (Lipinski definition) is 7. The van der Waals surface area contributed by atoms with Gasteiger partial charge in [-0.2, -0.15) is 15.0 Å². The van der Waals surface area contributed by atoms with Crippen LogP contribution >= 0.6 is 0 Å². The molecule has 0 fully saturated rings. The molecule has 0 aliphatic carbocycles. The normalized spacial score (nSPS) is 11.9. The van der Waals surface area contributed by atoms with Crippen LogP contribution in [0.2, 0.25) is 0 Å². The largest absolute Gasteiger partial charge is 0.368 e. The molecule has 1 aromatic heterocycles. The third-order valence-electron chi connectivity index (χ3n) is 3.49. The van der Waals surface area contributed by atoms with Crippen LogP contribution in [-0.2, 0) is 6.42 Å². The molecule has 0 amide bonds. The molecule has 0 spiro atoms. The standard InChI is InChI=1S/C15H20N6O2/c1-3-12(19-15-18-10(2)17-14(16)20-15)8-7-11-5-4-6-13(9-11)21(22)23/h4-6,9,12H,3,7-8H2,1-2H3,(H3,16,17,18,19,20). The Kier molecular flexibility index (Phi) is 5.40. The van der Waals surface area contributed by atoms with Crippen molar-refractivity contribution in [1.29, 1.82) is 0 Å². The van der Waals surface area contributed by atoms with Crippen molar-refractivity contribution >= 4 is 17.6 Å². The van der Waals surface area contributed by atoms with Crippen LogP contribution in [0.4, 0.5) is 17.6 Å². The summed E-state index contributed by atoms with van der Waals surface area (Å²) in [5.41, 5.74) is 6.67. The quantitative estimate of drug-likeness (QED) is 0.594. The zero-order valence-corrected chi connectivity index (χ0v) is 13.2. The maximum Gasteiger partial charge on any atom is 0.269 e. The number of nitrogens with two attached hydrogens (primary N) is 1. The first-order chi connectivity index (χ1) is 11.0. The second kappa shape index (κ2) is 7.48. The van der Waals surface area contributed by atoms with Gasteiger partial charge in [-0.1, -0.05) is 19.1 Å². The molecular formula is C15H20N6O2. The van der Waals surface area contributed by atoms with Crippen molar-refractivity contribution in [2.45, 2.75) is 39.2 Å². The fraction of sp³-hybridized carbons (Fsp3) is 0.400. The van der Waals surface area contributed by atoms with Crippen LogP contribution in [0.25, 0.3) is 0 Å². The molecule has 1 unspecified atom stereocenters.